The van der Waals surface area contributed by atoms with Crippen LogP contribution in [0.3, 0.4) is 0 Å². The predicted octanol–water partition coefficient (Wildman–Crippen LogP) is 1.01. The minimum Gasteiger partial charge on any atom is -0.334 e. The Morgan fingerprint density at radius 1 is 1.25 bits per heavy atom. The number of benzene rings is 1. The number of carbonyl (C=O) groups is 1. The van der Waals surface area contributed by atoms with Crippen LogP contribution in [0.15, 0.2) is 40.1 Å². The molecule has 1 fully saturated rings. The summed E-state index contributed by atoms with van der Waals surface area (Å²) in [6.45, 7) is -0.247. The highest BCUT2D eigenvalue weighted by Gasteiger charge is 2.33. The van der Waals surface area contributed by atoms with Gasteiger partial charge >= 0.3 is 5.69 Å². The fraction of sp³-hybridized carbons (Fsp3) is 0.312. The quantitative estimate of drug-likeness (QED) is 0.886. The summed E-state index contributed by atoms with van der Waals surface area (Å²) in [7, 11) is 0. The number of halogens is 2. The molecule has 3 rings (SSSR count). The van der Waals surface area contributed by atoms with Crippen molar-refractivity contribution in [1.29, 1.82) is 0 Å². The Labute approximate surface area is 135 Å². The number of nitrogens with one attached hydrogen (secondary N) is 1. The highest BCUT2D eigenvalue weighted by molar-refractivity contribution is 5.76. The van der Waals surface area contributed by atoms with E-state index in [-0.39, 0.29) is 30.6 Å². The van der Waals surface area contributed by atoms with Gasteiger partial charge in [-0.1, -0.05) is 6.07 Å². The molecule has 0 saturated heterocycles. The molecule has 8 heteroatoms. The Kier molecular flexibility index (Phi) is 4.28. The summed E-state index contributed by atoms with van der Waals surface area (Å²) in [6.07, 6.45) is 2.84. The molecular weight excluding hydrogens is 320 g/mol. The van der Waals surface area contributed by atoms with Crippen LogP contribution in [0.1, 0.15) is 18.4 Å². The van der Waals surface area contributed by atoms with E-state index in [0.717, 1.165) is 35.6 Å². The van der Waals surface area contributed by atoms with Crippen LogP contribution in [0.4, 0.5) is 8.78 Å². The Hall–Kier alpha value is -2.77. The van der Waals surface area contributed by atoms with Crippen molar-refractivity contribution >= 4 is 5.91 Å². The van der Waals surface area contributed by atoms with Crippen LogP contribution < -0.4 is 11.2 Å². The average molecular weight is 335 g/mol. The van der Waals surface area contributed by atoms with Crippen molar-refractivity contribution in [3.63, 3.8) is 0 Å². The molecule has 6 nitrogen and oxygen atoms in total. The second kappa shape index (κ2) is 6.38. The number of hydrogen-bond donors (Lipinski definition) is 1. The number of rotatable bonds is 5. The van der Waals surface area contributed by atoms with E-state index >= 15 is 0 Å². The summed E-state index contributed by atoms with van der Waals surface area (Å²) in [6, 6.07) is 4.35. The summed E-state index contributed by atoms with van der Waals surface area (Å²) >= 11 is 0. The van der Waals surface area contributed by atoms with E-state index < -0.39 is 22.9 Å². The molecule has 0 bridgehead atoms. The van der Waals surface area contributed by atoms with Crippen LogP contribution in [0, 0.1) is 11.6 Å². The summed E-state index contributed by atoms with van der Waals surface area (Å²) in [5, 5.41) is 0. The summed E-state index contributed by atoms with van der Waals surface area (Å²) < 4.78 is 27.9. The summed E-state index contributed by atoms with van der Waals surface area (Å²) in [4.78, 5) is 38.8. The Morgan fingerprint density at radius 2 is 2.00 bits per heavy atom. The lowest BCUT2D eigenvalue weighted by Gasteiger charge is -2.23. The van der Waals surface area contributed by atoms with Crippen molar-refractivity contribution in [3.05, 3.63) is 68.5 Å². The van der Waals surface area contributed by atoms with E-state index in [1.54, 1.807) is 0 Å². The SMILES string of the molecule is O=C(Cn1ccc(=O)[nH]c1=O)N(Cc1ccc(F)cc1F)C1CC1. The molecule has 2 aromatic rings. The first-order chi connectivity index (χ1) is 11.4. The number of hydrogen-bond acceptors (Lipinski definition) is 3. The fourth-order valence-electron chi connectivity index (χ4n) is 2.45. The largest absolute Gasteiger partial charge is 0.334 e. The first-order valence-corrected chi connectivity index (χ1v) is 7.47. The number of H-pyrrole nitrogens is 1. The van der Waals surface area contributed by atoms with Gasteiger partial charge in [-0.25, -0.2) is 13.6 Å². The van der Waals surface area contributed by atoms with Crippen molar-refractivity contribution in [1.82, 2.24) is 14.5 Å². The lowest BCUT2D eigenvalue weighted by atomic mass is 10.2. The van der Waals surface area contributed by atoms with Crippen molar-refractivity contribution in [2.75, 3.05) is 0 Å². The third-order valence-electron chi connectivity index (χ3n) is 3.87. The minimum absolute atomic E-state index is 0.00766. The van der Waals surface area contributed by atoms with Crippen molar-refractivity contribution in [3.8, 4) is 0 Å². The third kappa shape index (κ3) is 3.58. The number of nitrogens with zero attached hydrogens (tertiary/aromatic N) is 2. The molecule has 1 saturated carbocycles. The van der Waals surface area contributed by atoms with E-state index in [1.807, 2.05) is 0 Å². The van der Waals surface area contributed by atoms with Crippen LogP contribution in [-0.2, 0) is 17.9 Å². The highest BCUT2D eigenvalue weighted by atomic mass is 19.1. The molecule has 24 heavy (non-hydrogen) atoms. The summed E-state index contributed by atoms with van der Waals surface area (Å²) in [5.41, 5.74) is -1.01. The molecular formula is C16H15F2N3O3. The monoisotopic (exact) mass is 335 g/mol. The lowest BCUT2D eigenvalue weighted by Crippen LogP contribution is -2.39. The molecule has 1 N–H and O–H groups in total. The number of amides is 1. The van der Waals surface area contributed by atoms with E-state index in [9.17, 15) is 23.2 Å². The molecule has 1 aromatic heterocycles. The van der Waals surface area contributed by atoms with Gasteiger partial charge in [0.1, 0.15) is 18.2 Å². The topological polar surface area (TPSA) is 75.2 Å². The predicted molar refractivity (Wildman–Crippen MR) is 81.3 cm³/mol. The normalized spacial score (nSPS) is 13.8. The van der Waals surface area contributed by atoms with Crippen LogP contribution >= 0.6 is 0 Å². The molecule has 0 aliphatic heterocycles. The lowest BCUT2D eigenvalue weighted by molar-refractivity contribution is -0.133. The molecule has 126 valence electrons. The zero-order chi connectivity index (χ0) is 17.3. The number of aromatic nitrogens is 2. The van der Waals surface area contributed by atoms with Gasteiger partial charge in [-0.2, -0.15) is 0 Å². The van der Waals surface area contributed by atoms with Crippen molar-refractivity contribution < 1.29 is 13.6 Å². The molecule has 1 aliphatic rings. The zero-order valence-corrected chi connectivity index (χ0v) is 12.7. The highest BCUT2D eigenvalue weighted by Crippen LogP contribution is 2.29. The second-order valence-electron chi connectivity index (χ2n) is 5.73. The average Bonchev–Trinajstić information content (AvgIpc) is 3.34. The third-order valence-corrected chi connectivity index (χ3v) is 3.87. The van der Waals surface area contributed by atoms with E-state index in [0.29, 0.717) is 0 Å². The number of aromatic amines is 1. The van der Waals surface area contributed by atoms with E-state index in [1.165, 1.54) is 17.2 Å². The number of carbonyl (C=O) groups excluding carboxylic acids is 1. The summed E-state index contributed by atoms with van der Waals surface area (Å²) in [5.74, 6) is -1.76. The molecule has 0 unspecified atom stereocenters. The first kappa shape index (κ1) is 16.1. The van der Waals surface area contributed by atoms with Gasteiger partial charge in [0, 0.05) is 36.5 Å². The second-order valence-corrected chi connectivity index (χ2v) is 5.73. The van der Waals surface area contributed by atoms with Gasteiger partial charge in [-0.15, -0.1) is 0 Å². The van der Waals surface area contributed by atoms with Gasteiger partial charge in [0.25, 0.3) is 5.56 Å². The standard InChI is InChI=1S/C16H15F2N3O3/c17-11-2-1-10(13(18)7-11)8-21(12-3-4-12)15(23)9-20-6-5-14(22)19-16(20)24/h1-2,5-7,12H,3-4,8-9H2,(H,19,22,24). The maximum atomic E-state index is 13.8. The molecule has 0 atom stereocenters. The molecule has 0 spiro atoms. The molecule has 1 aromatic carbocycles. The van der Waals surface area contributed by atoms with Crippen molar-refractivity contribution in [2.24, 2.45) is 0 Å². The molecule has 1 aliphatic carbocycles. The van der Waals surface area contributed by atoms with Gasteiger partial charge < -0.3 is 4.90 Å². The Bertz CT molecular complexity index is 887. The molecule has 1 heterocycles. The minimum atomic E-state index is -0.713. The Morgan fingerprint density at radius 3 is 2.62 bits per heavy atom. The van der Waals surface area contributed by atoms with Gasteiger partial charge in [0.05, 0.1) is 0 Å². The van der Waals surface area contributed by atoms with Crippen LogP contribution in [-0.4, -0.2) is 26.4 Å². The zero-order valence-electron chi connectivity index (χ0n) is 12.7. The van der Waals surface area contributed by atoms with E-state index in [2.05, 4.69) is 4.98 Å². The van der Waals surface area contributed by atoms with Gasteiger partial charge in [-0.3, -0.25) is 19.1 Å². The smallest absolute Gasteiger partial charge is 0.328 e. The maximum Gasteiger partial charge on any atom is 0.328 e. The first-order valence-electron chi connectivity index (χ1n) is 7.47. The Balaban J connectivity index is 1.79. The van der Waals surface area contributed by atoms with Crippen LogP contribution in [0.5, 0.6) is 0 Å². The van der Waals surface area contributed by atoms with Crippen LogP contribution in [0.2, 0.25) is 0 Å². The maximum absolute atomic E-state index is 13.8. The van der Waals surface area contributed by atoms with Gasteiger partial charge in [-0.05, 0) is 18.9 Å². The van der Waals surface area contributed by atoms with Gasteiger partial charge in [0.2, 0.25) is 5.91 Å². The fourth-order valence-corrected chi connectivity index (χ4v) is 2.45. The van der Waals surface area contributed by atoms with E-state index in [4.69, 9.17) is 0 Å². The molecule has 0 radical (unpaired) electrons. The van der Waals surface area contributed by atoms with Gasteiger partial charge in [0.15, 0.2) is 0 Å². The van der Waals surface area contributed by atoms with Crippen LogP contribution in [0.25, 0.3) is 0 Å². The molecule has 1 amide bonds. The van der Waals surface area contributed by atoms with Crippen molar-refractivity contribution in [2.45, 2.75) is 32.0 Å².